The Bertz CT molecular complexity index is 2080. The molecule has 1 aliphatic heterocycles. The van der Waals surface area contributed by atoms with Gasteiger partial charge in [-0.05, 0) is 109 Å². The zero-order valence-electron chi connectivity index (χ0n) is 28.3. The second-order valence-corrected chi connectivity index (χ2v) is 15.8. The van der Waals surface area contributed by atoms with E-state index in [0.717, 1.165) is 74.5 Å². The fourth-order valence-corrected chi connectivity index (χ4v) is 9.98. The number of carbonyl (C=O) groups is 2. The Kier molecular flexibility index (Phi) is 8.20. The number of hydrogen-bond donors (Lipinski definition) is 1. The SMILES string of the molecule is CC1=CCCC2(C)C(CCC23CN(Cc2cccc4ccccc24)C(=O)O3)c2ccc(cc2C(=O)c2cc3ccccc3s2)CC(O)CC1. The molecule has 2 heterocycles. The predicted octanol–water partition coefficient (Wildman–Crippen LogP) is 9.98. The van der Waals surface area contributed by atoms with Crippen LogP contribution in [0.1, 0.15) is 90.2 Å². The Hall–Kier alpha value is -4.26. The molecule has 6 heteroatoms. The summed E-state index contributed by atoms with van der Waals surface area (Å²) < 4.78 is 7.70. The molecule has 2 bridgehead atoms. The molecule has 1 amide bonds. The van der Waals surface area contributed by atoms with Gasteiger partial charge in [0.15, 0.2) is 0 Å². The van der Waals surface area contributed by atoms with Crippen molar-refractivity contribution in [1.82, 2.24) is 4.90 Å². The maximum Gasteiger partial charge on any atom is 0.410 e. The van der Waals surface area contributed by atoms with Gasteiger partial charge in [-0.25, -0.2) is 4.79 Å². The molecule has 2 fully saturated rings. The van der Waals surface area contributed by atoms with Crippen molar-refractivity contribution >= 4 is 44.1 Å². The van der Waals surface area contributed by atoms with Crippen molar-refractivity contribution in [3.05, 3.63) is 130 Å². The van der Waals surface area contributed by atoms with Crippen molar-refractivity contribution < 1.29 is 19.4 Å². The molecule has 1 spiro atoms. The number of ether oxygens (including phenoxy) is 1. The molecule has 4 atom stereocenters. The van der Waals surface area contributed by atoms with E-state index in [0.29, 0.717) is 31.5 Å². The number of aliphatic hydroxyl groups excluding tert-OH is 1. The molecular formula is C43H43NO4S. The summed E-state index contributed by atoms with van der Waals surface area (Å²) in [6.45, 7) is 5.47. The van der Waals surface area contributed by atoms with E-state index in [4.69, 9.17) is 4.74 Å². The molecule has 1 saturated carbocycles. The van der Waals surface area contributed by atoms with Crippen LogP contribution in [0.4, 0.5) is 4.79 Å². The second-order valence-electron chi connectivity index (χ2n) is 14.8. The summed E-state index contributed by atoms with van der Waals surface area (Å²) in [5, 5.41) is 14.4. The van der Waals surface area contributed by atoms with Crippen molar-refractivity contribution in [3.63, 3.8) is 0 Å². The van der Waals surface area contributed by atoms with Crippen molar-refractivity contribution in [2.24, 2.45) is 5.41 Å². The Morgan fingerprint density at radius 3 is 2.61 bits per heavy atom. The highest BCUT2D eigenvalue weighted by Crippen LogP contribution is 2.62. The number of ketones is 1. The van der Waals surface area contributed by atoms with E-state index in [9.17, 15) is 14.7 Å². The van der Waals surface area contributed by atoms with Gasteiger partial charge in [0.25, 0.3) is 0 Å². The Morgan fingerprint density at radius 1 is 0.959 bits per heavy atom. The quantitative estimate of drug-likeness (QED) is 0.153. The minimum Gasteiger partial charge on any atom is -0.440 e. The monoisotopic (exact) mass is 669 g/mol. The smallest absolute Gasteiger partial charge is 0.410 e. The van der Waals surface area contributed by atoms with Gasteiger partial charge >= 0.3 is 6.09 Å². The summed E-state index contributed by atoms with van der Waals surface area (Å²) >= 11 is 1.54. The molecule has 4 unspecified atom stereocenters. The number of carbonyl (C=O) groups excluding carboxylic acids is 2. The maximum absolute atomic E-state index is 14.6. The van der Waals surface area contributed by atoms with Crippen LogP contribution >= 0.6 is 11.3 Å². The number of nitrogens with zero attached hydrogens (tertiary/aromatic N) is 1. The number of allylic oxidation sites excluding steroid dienone is 2. The Balaban J connectivity index is 1.20. The molecule has 9 rings (SSSR count). The molecule has 1 N–H and O–H groups in total. The molecule has 5 nitrogen and oxygen atoms in total. The van der Waals surface area contributed by atoms with Crippen LogP contribution < -0.4 is 0 Å². The molecule has 0 radical (unpaired) electrons. The number of benzene rings is 4. The summed E-state index contributed by atoms with van der Waals surface area (Å²) in [4.78, 5) is 31.0. The van der Waals surface area contributed by atoms with Gasteiger partial charge in [0.1, 0.15) is 5.60 Å². The second kappa shape index (κ2) is 12.6. The van der Waals surface area contributed by atoms with E-state index in [-0.39, 0.29) is 17.8 Å². The number of aliphatic hydroxyl groups is 1. The lowest BCUT2D eigenvalue weighted by Gasteiger charge is -2.43. The molecule has 3 aliphatic carbocycles. The molecule has 250 valence electrons. The predicted molar refractivity (Wildman–Crippen MR) is 197 cm³/mol. The van der Waals surface area contributed by atoms with Gasteiger partial charge in [-0.3, -0.25) is 9.69 Å². The average Bonchev–Trinajstić information content (AvgIpc) is 3.76. The molecule has 49 heavy (non-hydrogen) atoms. The standard InChI is InChI=1S/C43H43NO4S/c1-28-9-8-21-42(2)37(20-22-43(42)27-44(41(47)48-43)26-32-13-7-12-30-10-3-5-14-34(30)32)35-19-17-29(23-33(45)18-16-28)24-36(35)40(46)39-25-31-11-4-6-15-38(31)49-39/h3-7,9-15,17,19,24-25,33,37,45H,8,16,18,20-23,26-27H2,1-2H3. The normalized spacial score (nSPS) is 25.8. The van der Waals surface area contributed by atoms with E-state index in [1.807, 2.05) is 41.3 Å². The maximum atomic E-state index is 14.6. The van der Waals surface area contributed by atoms with Gasteiger partial charge in [-0.2, -0.15) is 0 Å². The Morgan fingerprint density at radius 2 is 1.76 bits per heavy atom. The number of fused-ring (bicyclic) bond motifs is 10. The van der Waals surface area contributed by atoms with Crippen molar-refractivity contribution in [3.8, 4) is 0 Å². The number of amides is 1. The fraction of sp³-hybridized carbons (Fsp3) is 0.349. The lowest BCUT2D eigenvalue weighted by molar-refractivity contribution is -0.0373. The van der Waals surface area contributed by atoms with Gasteiger partial charge < -0.3 is 9.84 Å². The fourth-order valence-electron chi connectivity index (χ4n) is 8.97. The third-order valence-corrected chi connectivity index (χ3v) is 12.9. The summed E-state index contributed by atoms with van der Waals surface area (Å²) in [7, 11) is 0. The van der Waals surface area contributed by atoms with Crippen LogP contribution in [0, 0.1) is 5.41 Å². The summed E-state index contributed by atoms with van der Waals surface area (Å²) in [5.74, 6) is 0.0430. The first-order valence-electron chi connectivity index (χ1n) is 17.7. The topological polar surface area (TPSA) is 66.8 Å². The minimum absolute atomic E-state index is 0.0155. The largest absolute Gasteiger partial charge is 0.440 e. The first kappa shape index (κ1) is 32.0. The molecule has 4 aliphatic rings. The molecule has 4 aromatic carbocycles. The average molecular weight is 670 g/mol. The highest BCUT2D eigenvalue weighted by Gasteiger charge is 2.64. The van der Waals surface area contributed by atoms with Crippen molar-refractivity contribution in [1.29, 1.82) is 0 Å². The first-order valence-corrected chi connectivity index (χ1v) is 18.5. The highest BCUT2D eigenvalue weighted by molar-refractivity contribution is 7.21. The summed E-state index contributed by atoms with van der Waals surface area (Å²) in [5.41, 5.74) is 4.02. The van der Waals surface area contributed by atoms with Gasteiger partial charge in [0.2, 0.25) is 5.78 Å². The van der Waals surface area contributed by atoms with E-state index in [1.165, 1.54) is 16.9 Å². The van der Waals surface area contributed by atoms with Gasteiger partial charge in [-0.1, -0.05) is 91.4 Å². The number of thiophene rings is 1. The Labute approximate surface area is 292 Å². The zero-order chi connectivity index (χ0) is 33.8. The van der Waals surface area contributed by atoms with E-state index in [1.54, 1.807) is 0 Å². The zero-order valence-corrected chi connectivity index (χ0v) is 29.1. The minimum atomic E-state index is -0.676. The van der Waals surface area contributed by atoms with Crippen LogP contribution in [-0.2, 0) is 17.7 Å². The van der Waals surface area contributed by atoms with Crippen LogP contribution in [-0.4, -0.2) is 40.1 Å². The molecule has 1 saturated heterocycles. The van der Waals surface area contributed by atoms with E-state index in [2.05, 4.69) is 74.5 Å². The summed E-state index contributed by atoms with van der Waals surface area (Å²) in [6.07, 6.45) is 6.81. The van der Waals surface area contributed by atoms with E-state index >= 15 is 0 Å². The highest BCUT2D eigenvalue weighted by atomic mass is 32.1. The van der Waals surface area contributed by atoms with Crippen molar-refractivity contribution in [2.45, 2.75) is 83.0 Å². The van der Waals surface area contributed by atoms with Crippen LogP contribution in [0.3, 0.4) is 0 Å². The molecular weight excluding hydrogens is 627 g/mol. The van der Waals surface area contributed by atoms with E-state index < -0.39 is 17.1 Å². The van der Waals surface area contributed by atoms with Gasteiger partial charge in [-0.15, -0.1) is 11.3 Å². The third-order valence-electron chi connectivity index (χ3n) is 11.8. The lowest BCUT2D eigenvalue weighted by Crippen LogP contribution is -2.48. The molecule has 1 aromatic heterocycles. The third kappa shape index (κ3) is 5.69. The van der Waals surface area contributed by atoms with Crippen LogP contribution in [0.15, 0.2) is 103 Å². The van der Waals surface area contributed by atoms with Crippen LogP contribution in [0.25, 0.3) is 20.9 Å². The number of hydrogen-bond acceptors (Lipinski definition) is 5. The lowest BCUT2D eigenvalue weighted by atomic mass is 9.65. The number of rotatable bonds is 4. The molecule has 5 aromatic rings. The first-order chi connectivity index (χ1) is 23.7. The van der Waals surface area contributed by atoms with Crippen molar-refractivity contribution in [2.75, 3.05) is 6.54 Å². The summed E-state index contributed by atoms with van der Waals surface area (Å²) in [6, 6.07) is 31.0. The van der Waals surface area contributed by atoms with Gasteiger partial charge in [0, 0.05) is 22.2 Å². The van der Waals surface area contributed by atoms with Gasteiger partial charge in [0.05, 0.1) is 17.5 Å². The van der Waals surface area contributed by atoms with Crippen LogP contribution in [0.2, 0.25) is 0 Å². The van der Waals surface area contributed by atoms with Crippen LogP contribution in [0.5, 0.6) is 0 Å².